The number of halogens is 2. The summed E-state index contributed by atoms with van der Waals surface area (Å²) in [5.41, 5.74) is 0.939. The van der Waals surface area contributed by atoms with Gasteiger partial charge >= 0.3 is 0 Å². The number of anilines is 1. The van der Waals surface area contributed by atoms with Crippen LogP contribution in [0.3, 0.4) is 0 Å². The van der Waals surface area contributed by atoms with E-state index in [0.717, 1.165) is 13.0 Å². The van der Waals surface area contributed by atoms with E-state index in [2.05, 4.69) is 34.7 Å². The zero-order chi connectivity index (χ0) is 13.3. The maximum Gasteiger partial charge on any atom is 0.161 e. The molecule has 0 saturated carbocycles. The summed E-state index contributed by atoms with van der Waals surface area (Å²) >= 11 is 3.17. The second-order valence-corrected chi connectivity index (χ2v) is 5.85. The van der Waals surface area contributed by atoms with Crippen LogP contribution in [-0.2, 0) is 0 Å². The lowest BCUT2D eigenvalue weighted by Crippen LogP contribution is -2.41. The fraction of sp³-hybridized carbons (Fsp3) is 0.500. The number of benzene rings is 1. The van der Waals surface area contributed by atoms with E-state index in [1.54, 1.807) is 12.1 Å². The summed E-state index contributed by atoms with van der Waals surface area (Å²) in [6, 6.07) is 5.71. The highest BCUT2D eigenvalue weighted by molar-refractivity contribution is 9.10. The molecule has 0 bridgehead atoms. The van der Waals surface area contributed by atoms with Crippen LogP contribution in [0.1, 0.15) is 32.3 Å². The normalized spacial score (nSPS) is 23.8. The topological polar surface area (TPSA) is 27.0 Å². The Morgan fingerprint density at radius 2 is 2.11 bits per heavy atom. The number of nitrogens with zero attached hydrogens (tertiary/aromatic N) is 2. The summed E-state index contributed by atoms with van der Waals surface area (Å²) in [5.74, 6) is 0.255. The Morgan fingerprint density at radius 1 is 1.39 bits per heavy atom. The predicted octanol–water partition coefficient (Wildman–Crippen LogP) is 4.08. The molecule has 1 heterocycles. The lowest BCUT2D eigenvalue weighted by molar-refractivity contribution is 0.386. The Balaban J connectivity index is 2.39. The average molecular weight is 311 g/mol. The van der Waals surface area contributed by atoms with Gasteiger partial charge in [-0.3, -0.25) is 0 Å². The van der Waals surface area contributed by atoms with Crippen LogP contribution in [0.5, 0.6) is 0 Å². The number of piperidine rings is 1. The third kappa shape index (κ3) is 2.37. The maximum atomic E-state index is 14.3. The Morgan fingerprint density at radius 3 is 2.78 bits per heavy atom. The van der Waals surface area contributed by atoms with Crippen molar-refractivity contribution in [2.75, 3.05) is 11.4 Å². The molecule has 1 aliphatic rings. The molecule has 0 spiro atoms. The van der Waals surface area contributed by atoms with E-state index in [0.29, 0.717) is 23.2 Å². The van der Waals surface area contributed by atoms with Gasteiger partial charge in [0.15, 0.2) is 5.82 Å². The van der Waals surface area contributed by atoms with Crippen LogP contribution in [-0.4, -0.2) is 12.6 Å². The van der Waals surface area contributed by atoms with Crippen molar-refractivity contribution in [1.29, 1.82) is 5.26 Å². The lowest BCUT2D eigenvalue weighted by Gasteiger charge is -2.38. The molecule has 2 rings (SSSR count). The summed E-state index contributed by atoms with van der Waals surface area (Å²) in [5, 5.41) is 8.88. The maximum absolute atomic E-state index is 14.3. The second-order valence-electron chi connectivity index (χ2n) is 5.06. The van der Waals surface area contributed by atoms with E-state index < -0.39 is 0 Å². The van der Waals surface area contributed by atoms with Crippen molar-refractivity contribution in [3.63, 3.8) is 0 Å². The van der Waals surface area contributed by atoms with Crippen LogP contribution < -0.4 is 4.90 Å². The molecule has 1 aromatic carbocycles. The first-order chi connectivity index (χ1) is 8.54. The molecule has 1 aromatic rings. The molecule has 0 aromatic heterocycles. The van der Waals surface area contributed by atoms with Crippen LogP contribution in [0.2, 0.25) is 0 Å². The van der Waals surface area contributed by atoms with Crippen molar-refractivity contribution in [2.45, 2.75) is 32.7 Å². The number of rotatable bonds is 1. The van der Waals surface area contributed by atoms with Crippen molar-refractivity contribution < 1.29 is 4.39 Å². The average Bonchev–Trinajstić information content (AvgIpc) is 2.36. The van der Waals surface area contributed by atoms with Gasteiger partial charge in [0.25, 0.3) is 0 Å². The monoisotopic (exact) mass is 310 g/mol. The van der Waals surface area contributed by atoms with Gasteiger partial charge in [0, 0.05) is 12.6 Å². The quantitative estimate of drug-likeness (QED) is 0.781. The van der Waals surface area contributed by atoms with Gasteiger partial charge in [-0.1, -0.05) is 6.92 Å². The Labute approximate surface area is 116 Å². The van der Waals surface area contributed by atoms with Gasteiger partial charge in [0.05, 0.1) is 15.7 Å². The molecule has 18 heavy (non-hydrogen) atoms. The van der Waals surface area contributed by atoms with Crippen LogP contribution in [0.4, 0.5) is 10.1 Å². The largest absolute Gasteiger partial charge is 0.366 e. The summed E-state index contributed by atoms with van der Waals surface area (Å²) < 4.78 is 14.6. The number of hydrogen-bond acceptors (Lipinski definition) is 2. The highest BCUT2D eigenvalue weighted by atomic mass is 79.9. The van der Waals surface area contributed by atoms with E-state index in [1.807, 2.05) is 6.07 Å². The van der Waals surface area contributed by atoms with Crippen LogP contribution in [0, 0.1) is 23.1 Å². The standard InChI is InChI=1S/C14H16BrFN2/c1-9-3-4-10(2)18(8-9)12-6-5-11(7-17)13(15)14(12)16/h5-6,9-10H,3-4,8H2,1-2H3. The minimum Gasteiger partial charge on any atom is -0.366 e. The fourth-order valence-electron chi connectivity index (χ4n) is 2.47. The van der Waals surface area contributed by atoms with E-state index in [1.165, 1.54) is 6.42 Å². The molecule has 4 heteroatoms. The number of hydrogen-bond donors (Lipinski definition) is 0. The van der Waals surface area contributed by atoms with Crippen molar-refractivity contribution in [3.8, 4) is 6.07 Å². The molecule has 2 nitrogen and oxygen atoms in total. The summed E-state index contributed by atoms with van der Waals surface area (Å²) in [6.45, 7) is 5.18. The van der Waals surface area contributed by atoms with E-state index >= 15 is 0 Å². The molecule has 2 unspecified atom stereocenters. The minimum absolute atomic E-state index is 0.271. The van der Waals surface area contributed by atoms with Gasteiger partial charge in [-0.25, -0.2) is 4.39 Å². The van der Waals surface area contributed by atoms with Crippen LogP contribution in [0.25, 0.3) is 0 Å². The Bertz CT molecular complexity index is 495. The molecule has 96 valence electrons. The first kappa shape index (κ1) is 13.4. The Kier molecular flexibility index (Phi) is 3.91. The van der Waals surface area contributed by atoms with Gasteiger partial charge < -0.3 is 4.90 Å². The number of nitriles is 1. The Hall–Kier alpha value is -1.08. The first-order valence-corrected chi connectivity index (χ1v) is 6.98. The molecule has 0 radical (unpaired) electrons. The smallest absolute Gasteiger partial charge is 0.161 e. The summed E-state index contributed by atoms with van der Waals surface area (Å²) in [7, 11) is 0. The van der Waals surface area contributed by atoms with Gasteiger partial charge in [-0.15, -0.1) is 0 Å². The lowest BCUT2D eigenvalue weighted by atomic mass is 9.94. The highest BCUT2D eigenvalue weighted by Crippen LogP contribution is 2.33. The van der Waals surface area contributed by atoms with Gasteiger partial charge in [-0.2, -0.15) is 5.26 Å². The van der Waals surface area contributed by atoms with E-state index in [4.69, 9.17) is 5.26 Å². The molecule has 1 saturated heterocycles. The molecule has 1 aliphatic heterocycles. The van der Waals surface area contributed by atoms with Crippen molar-refractivity contribution in [2.24, 2.45) is 5.92 Å². The molecule has 0 aliphatic carbocycles. The van der Waals surface area contributed by atoms with Crippen molar-refractivity contribution in [3.05, 3.63) is 28.0 Å². The predicted molar refractivity (Wildman–Crippen MR) is 74.0 cm³/mol. The fourth-order valence-corrected chi connectivity index (χ4v) is 2.90. The zero-order valence-electron chi connectivity index (χ0n) is 10.6. The molecule has 1 fully saturated rings. The van der Waals surface area contributed by atoms with E-state index in [9.17, 15) is 4.39 Å². The summed E-state index contributed by atoms with van der Waals surface area (Å²) in [6.07, 6.45) is 2.27. The van der Waals surface area contributed by atoms with Crippen LogP contribution >= 0.6 is 15.9 Å². The third-order valence-electron chi connectivity index (χ3n) is 3.61. The van der Waals surface area contributed by atoms with Gasteiger partial charge in [0.2, 0.25) is 0 Å². The van der Waals surface area contributed by atoms with Gasteiger partial charge in [0.1, 0.15) is 6.07 Å². The molecular weight excluding hydrogens is 295 g/mol. The summed E-state index contributed by atoms with van der Waals surface area (Å²) in [4.78, 5) is 2.11. The van der Waals surface area contributed by atoms with E-state index in [-0.39, 0.29) is 10.3 Å². The second kappa shape index (κ2) is 5.27. The molecule has 0 N–H and O–H groups in total. The molecule has 0 amide bonds. The zero-order valence-corrected chi connectivity index (χ0v) is 12.2. The van der Waals surface area contributed by atoms with Gasteiger partial charge in [-0.05, 0) is 53.7 Å². The minimum atomic E-state index is -0.324. The van der Waals surface area contributed by atoms with Crippen molar-refractivity contribution in [1.82, 2.24) is 0 Å². The van der Waals surface area contributed by atoms with Crippen LogP contribution in [0.15, 0.2) is 16.6 Å². The highest BCUT2D eigenvalue weighted by Gasteiger charge is 2.26. The SMILES string of the molecule is CC1CCC(C)N(c2ccc(C#N)c(Br)c2F)C1. The van der Waals surface area contributed by atoms with Crippen molar-refractivity contribution >= 4 is 21.6 Å². The third-order valence-corrected chi connectivity index (χ3v) is 4.38. The molecular formula is C14H16BrFN2. The molecule has 2 atom stereocenters. The first-order valence-electron chi connectivity index (χ1n) is 6.19.